The Labute approximate surface area is 205 Å². The third-order valence-corrected chi connectivity index (χ3v) is 6.72. The van der Waals surface area contributed by atoms with Gasteiger partial charge in [-0.25, -0.2) is 4.98 Å². The molecule has 1 aliphatic heterocycles. The largest absolute Gasteiger partial charge is 0.493 e. The van der Waals surface area contributed by atoms with Gasteiger partial charge >= 0.3 is 0 Å². The van der Waals surface area contributed by atoms with E-state index in [9.17, 15) is 14.9 Å². The Morgan fingerprint density at radius 1 is 1.12 bits per heavy atom. The summed E-state index contributed by atoms with van der Waals surface area (Å²) in [5, 5.41) is 15.3. The van der Waals surface area contributed by atoms with Gasteiger partial charge in [-0.3, -0.25) is 19.8 Å². The standard InChI is InChI=1S/C23H23ClN4O5S/c1-32-20-11-17(19(28(30)31)12-21(20)33-2)23(29)27-9-7-26(8-10-27)13-22-25-18(14-34-22)15-3-5-16(24)6-4-15/h3-6,11-12,14H,7-10,13H2,1-2H3. The second-order valence-corrected chi connectivity index (χ2v) is 9.06. The summed E-state index contributed by atoms with van der Waals surface area (Å²) in [6.07, 6.45) is 0. The minimum atomic E-state index is -0.577. The molecule has 0 spiro atoms. The van der Waals surface area contributed by atoms with Crippen LogP contribution in [0.3, 0.4) is 0 Å². The van der Waals surface area contributed by atoms with E-state index in [0.29, 0.717) is 37.7 Å². The monoisotopic (exact) mass is 502 g/mol. The number of amides is 1. The van der Waals surface area contributed by atoms with Crippen LogP contribution in [0, 0.1) is 10.1 Å². The van der Waals surface area contributed by atoms with E-state index in [1.54, 1.807) is 16.2 Å². The topological polar surface area (TPSA) is 98.0 Å². The number of carbonyl (C=O) groups is 1. The van der Waals surface area contributed by atoms with Crippen LogP contribution in [-0.2, 0) is 6.54 Å². The van der Waals surface area contributed by atoms with Crippen molar-refractivity contribution >= 4 is 34.5 Å². The molecular weight excluding hydrogens is 480 g/mol. The second-order valence-electron chi connectivity index (χ2n) is 7.68. The number of nitro groups is 1. The lowest BCUT2D eigenvalue weighted by Crippen LogP contribution is -2.48. The quantitative estimate of drug-likeness (QED) is 0.350. The molecule has 1 saturated heterocycles. The Kier molecular flexibility index (Phi) is 7.30. The highest BCUT2D eigenvalue weighted by atomic mass is 35.5. The number of benzene rings is 2. The van der Waals surface area contributed by atoms with Gasteiger partial charge in [0.2, 0.25) is 0 Å². The third-order valence-electron chi connectivity index (χ3n) is 5.64. The average molecular weight is 503 g/mol. The first-order valence-electron chi connectivity index (χ1n) is 10.5. The second kappa shape index (κ2) is 10.4. The number of nitro benzene ring substituents is 1. The molecule has 1 aliphatic rings. The van der Waals surface area contributed by atoms with E-state index in [1.165, 1.54) is 26.4 Å². The molecule has 1 fully saturated rings. The first-order chi connectivity index (χ1) is 16.4. The predicted octanol–water partition coefficient (Wildman–Crippen LogP) is 4.35. The number of rotatable bonds is 7. The Hall–Kier alpha value is -3.21. The number of methoxy groups -OCH3 is 2. The first-order valence-corrected chi connectivity index (χ1v) is 11.8. The van der Waals surface area contributed by atoms with E-state index in [1.807, 2.05) is 29.6 Å². The molecule has 0 atom stereocenters. The highest BCUT2D eigenvalue weighted by Crippen LogP contribution is 2.35. The highest BCUT2D eigenvalue weighted by Gasteiger charge is 2.30. The number of halogens is 1. The number of thiazole rings is 1. The smallest absolute Gasteiger partial charge is 0.286 e. The summed E-state index contributed by atoms with van der Waals surface area (Å²) in [6.45, 7) is 2.88. The van der Waals surface area contributed by atoms with E-state index in [2.05, 4.69) is 4.90 Å². The predicted molar refractivity (Wildman–Crippen MR) is 130 cm³/mol. The average Bonchev–Trinajstić information content (AvgIpc) is 3.32. The summed E-state index contributed by atoms with van der Waals surface area (Å²) >= 11 is 7.55. The fourth-order valence-corrected chi connectivity index (χ4v) is 4.77. The molecule has 2 heterocycles. The number of piperazine rings is 1. The Balaban J connectivity index is 1.41. The molecule has 0 bridgehead atoms. The van der Waals surface area contributed by atoms with Gasteiger partial charge in [0, 0.05) is 48.2 Å². The zero-order chi connectivity index (χ0) is 24.2. The number of aromatic nitrogens is 1. The molecule has 3 aromatic rings. The lowest BCUT2D eigenvalue weighted by atomic mass is 10.1. The maximum absolute atomic E-state index is 13.1. The summed E-state index contributed by atoms with van der Waals surface area (Å²) in [5.41, 5.74) is 1.61. The lowest BCUT2D eigenvalue weighted by molar-refractivity contribution is -0.385. The van der Waals surface area contributed by atoms with Crippen LogP contribution >= 0.6 is 22.9 Å². The number of ether oxygens (including phenoxy) is 2. The fraction of sp³-hybridized carbons (Fsp3) is 0.304. The van der Waals surface area contributed by atoms with Crippen molar-refractivity contribution in [3.05, 3.63) is 67.5 Å². The summed E-state index contributed by atoms with van der Waals surface area (Å²) < 4.78 is 10.4. The lowest BCUT2D eigenvalue weighted by Gasteiger charge is -2.34. The molecule has 0 radical (unpaired) electrons. The maximum Gasteiger partial charge on any atom is 0.286 e. The summed E-state index contributed by atoms with van der Waals surface area (Å²) in [4.78, 5) is 32.7. The van der Waals surface area contributed by atoms with Gasteiger partial charge in [-0.1, -0.05) is 23.7 Å². The Morgan fingerprint density at radius 3 is 2.38 bits per heavy atom. The molecule has 4 rings (SSSR count). The van der Waals surface area contributed by atoms with Gasteiger partial charge in [-0.05, 0) is 12.1 Å². The molecule has 1 aromatic heterocycles. The molecule has 0 unspecified atom stereocenters. The minimum Gasteiger partial charge on any atom is -0.493 e. The van der Waals surface area contributed by atoms with E-state index < -0.39 is 10.8 Å². The number of hydrogen-bond acceptors (Lipinski definition) is 8. The van der Waals surface area contributed by atoms with Crippen molar-refractivity contribution in [1.82, 2.24) is 14.8 Å². The number of carbonyl (C=O) groups excluding carboxylic acids is 1. The third kappa shape index (κ3) is 5.14. The Bertz CT molecular complexity index is 1190. The van der Waals surface area contributed by atoms with Crippen molar-refractivity contribution in [1.29, 1.82) is 0 Å². The van der Waals surface area contributed by atoms with Crippen LogP contribution in [0.1, 0.15) is 15.4 Å². The molecule has 1 amide bonds. The van der Waals surface area contributed by atoms with E-state index in [4.69, 9.17) is 26.1 Å². The SMILES string of the molecule is COc1cc(C(=O)N2CCN(Cc3nc(-c4ccc(Cl)cc4)cs3)CC2)c([N+](=O)[O-])cc1OC. The molecule has 0 N–H and O–H groups in total. The number of nitrogens with zero attached hydrogens (tertiary/aromatic N) is 4. The van der Waals surface area contributed by atoms with Gasteiger partial charge < -0.3 is 14.4 Å². The van der Waals surface area contributed by atoms with Crippen LogP contribution < -0.4 is 9.47 Å². The van der Waals surface area contributed by atoms with Crippen molar-refractivity contribution in [2.24, 2.45) is 0 Å². The van der Waals surface area contributed by atoms with Gasteiger partial charge in [0.25, 0.3) is 11.6 Å². The summed E-state index contributed by atoms with van der Waals surface area (Å²) in [5.74, 6) is 0.0823. The van der Waals surface area contributed by atoms with Gasteiger partial charge in [-0.15, -0.1) is 11.3 Å². The molecule has 0 aliphatic carbocycles. The van der Waals surface area contributed by atoms with Crippen molar-refractivity contribution in [2.45, 2.75) is 6.54 Å². The van der Waals surface area contributed by atoms with Crippen molar-refractivity contribution in [2.75, 3.05) is 40.4 Å². The molecule has 178 valence electrons. The van der Waals surface area contributed by atoms with Crippen LogP contribution in [0.4, 0.5) is 5.69 Å². The van der Waals surface area contributed by atoms with Crippen LogP contribution in [0.5, 0.6) is 11.5 Å². The molecule has 0 saturated carbocycles. The van der Waals surface area contributed by atoms with Crippen molar-refractivity contribution in [3.63, 3.8) is 0 Å². The highest BCUT2D eigenvalue weighted by molar-refractivity contribution is 7.09. The van der Waals surface area contributed by atoms with Crippen LogP contribution in [-0.4, -0.2) is 66.0 Å². The van der Waals surface area contributed by atoms with Crippen molar-refractivity contribution < 1.29 is 19.2 Å². The molecule has 2 aromatic carbocycles. The fourth-order valence-electron chi connectivity index (χ4n) is 3.80. The minimum absolute atomic E-state index is 0.0105. The summed E-state index contributed by atoms with van der Waals surface area (Å²) in [7, 11) is 2.82. The Morgan fingerprint density at radius 2 is 1.76 bits per heavy atom. The zero-order valence-corrected chi connectivity index (χ0v) is 20.3. The molecule has 11 heteroatoms. The maximum atomic E-state index is 13.1. The van der Waals surface area contributed by atoms with Crippen LogP contribution in [0.15, 0.2) is 41.8 Å². The van der Waals surface area contributed by atoms with Crippen LogP contribution in [0.2, 0.25) is 5.02 Å². The molecule has 9 nitrogen and oxygen atoms in total. The molecular formula is C23H23ClN4O5S. The number of hydrogen-bond donors (Lipinski definition) is 0. The van der Waals surface area contributed by atoms with Gasteiger partial charge in [0.1, 0.15) is 10.6 Å². The van der Waals surface area contributed by atoms with Gasteiger partial charge in [0.05, 0.1) is 37.4 Å². The first kappa shape index (κ1) is 23.9. The summed E-state index contributed by atoms with van der Waals surface area (Å²) in [6, 6.07) is 10.2. The van der Waals surface area contributed by atoms with Crippen molar-refractivity contribution in [3.8, 4) is 22.8 Å². The van der Waals surface area contributed by atoms with Gasteiger partial charge in [-0.2, -0.15) is 0 Å². The van der Waals surface area contributed by atoms with Gasteiger partial charge in [0.15, 0.2) is 11.5 Å². The van der Waals surface area contributed by atoms with Crippen LogP contribution in [0.25, 0.3) is 11.3 Å². The normalized spacial score (nSPS) is 14.1. The molecule has 34 heavy (non-hydrogen) atoms. The van der Waals surface area contributed by atoms with E-state index in [0.717, 1.165) is 16.3 Å². The van der Waals surface area contributed by atoms with E-state index >= 15 is 0 Å². The zero-order valence-electron chi connectivity index (χ0n) is 18.7. The van der Waals surface area contributed by atoms with E-state index in [-0.39, 0.29) is 22.7 Å².